The minimum absolute atomic E-state index is 0.115. The van der Waals surface area contributed by atoms with Crippen LogP contribution in [0.5, 0.6) is 5.75 Å². The lowest BCUT2D eigenvalue weighted by molar-refractivity contribution is 0.0148. The quantitative estimate of drug-likeness (QED) is 0.778. The molecule has 0 aliphatic carbocycles. The Kier molecular flexibility index (Phi) is 4.58. The number of fused-ring (bicyclic) bond motifs is 3. The summed E-state index contributed by atoms with van der Waals surface area (Å²) in [4.78, 5) is 13.0. The molecule has 0 saturated carbocycles. The zero-order valence-electron chi connectivity index (χ0n) is 15.2. The van der Waals surface area contributed by atoms with E-state index in [-0.39, 0.29) is 23.7 Å². The minimum atomic E-state index is -0.173. The maximum Gasteiger partial charge on any atom is 0.272 e. The largest absolute Gasteiger partial charge is 0.508 e. The number of piperidine rings is 1. The molecule has 0 spiro atoms. The van der Waals surface area contributed by atoms with Crippen LogP contribution in [0.4, 0.5) is 0 Å². The Balaban J connectivity index is 1.61. The van der Waals surface area contributed by atoms with Gasteiger partial charge in [0.15, 0.2) is 5.69 Å². The fraction of sp³-hybridized carbons (Fsp3) is 0.579. The van der Waals surface area contributed by atoms with E-state index in [0.29, 0.717) is 36.4 Å². The van der Waals surface area contributed by atoms with Crippen LogP contribution in [0.15, 0.2) is 18.2 Å². The summed E-state index contributed by atoms with van der Waals surface area (Å²) in [6.07, 6.45) is 2.63. The number of nitrogens with zero attached hydrogens (tertiary/aromatic N) is 2. The van der Waals surface area contributed by atoms with E-state index in [4.69, 9.17) is 4.74 Å². The Morgan fingerprint density at radius 1 is 1.42 bits per heavy atom. The molecule has 3 heterocycles. The molecule has 7 nitrogen and oxygen atoms in total. The van der Waals surface area contributed by atoms with Crippen molar-refractivity contribution in [3.63, 3.8) is 0 Å². The van der Waals surface area contributed by atoms with Crippen molar-refractivity contribution in [1.82, 2.24) is 20.4 Å². The average Bonchev–Trinajstić information content (AvgIpc) is 2.99. The molecule has 2 aliphatic rings. The van der Waals surface area contributed by atoms with E-state index in [2.05, 4.69) is 29.6 Å². The van der Waals surface area contributed by atoms with Gasteiger partial charge in [-0.3, -0.25) is 9.48 Å². The second-order valence-corrected chi connectivity index (χ2v) is 7.49. The molecule has 26 heavy (non-hydrogen) atoms. The number of hydrogen-bond donors (Lipinski definition) is 3. The van der Waals surface area contributed by atoms with Crippen LogP contribution in [0, 0.1) is 0 Å². The molecule has 2 unspecified atom stereocenters. The highest BCUT2D eigenvalue weighted by molar-refractivity contribution is 6.05. The molecule has 2 aliphatic heterocycles. The topological polar surface area (TPSA) is 88.4 Å². The van der Waals surface area contributed by atoms with Crippen molar-refractivity contribution >= 4 is 16.8 Å². The second-order valence-electron chi connectivity index (χ2n) is 7.49. The van der Waals surface area contributed by atoms with Crippen molar-refractivity contribution in [2.45, 2.75) is 57.3 Å². The summed E-state index contributed by atoms with van der Waals surface area (Å²) < 4.78 is 7.45. The number of carbonyl (C=O) groups is 1. The highest BCUT2D eigenvalue weighted by Crippen LogP contribution is 2.27. The summed E-state index contributed by atoms with van der Waals surface area (Å²) >= 11 is 0. The van der Waals surface area contributed by atoms with Crippen LogP contribution < -0.4 is 10.6 Å². The van der Waals surface area contributed by atoms with Gasteiger partial charge in [-0.25, -0.2) is 0 Å². The van der Waals surface area contributed by atoms with E-state index in [1.165, 1.54) is 0 Å². The first-order chi connectivity index (χ1) is 12.5. The molecule has 0 radical (unpaired) electrons. The van der Waals surface area contributed by atoms with Crippen molar-refractivity contribution in [3.8, 4) is 5.75 Å². The van der Waals surface area contributed by atoms with E-state index in [9.17, 15) is 9.90 Å². The number of phenols is 1. The Bertz CT molecular complexity index is 806. The molecular weight excluding hydrogens is 332 g/mol. The molecule has 2 bridgehead atoms. The monoisotopic (exact) mass is 358 g/mol. The van der Waals surface area contributed by atoms with Crippen LogP contribution in [-0.2, 0) is 4.74 Å². The average molecular weight is 358 g/mol. The fourth-order valence-corrected chi connectivity index (χ4v) is 4.01. The summed E-state index contributed by atoms with van der Waals surface area (Å²) in [5, 5.41) is 21.9. The number of aromatic nitrogens is 2. The molecular formula is C19H26N4O3. The Morgan fingerprint density at radius 3 is 2.85 bits per heavy atom. The van der Waals surface area contributed by atoms with Crippen LogP contribution >= 0.6 is 0 Å². The molecule has 3 atom stereocenters. The van der Waals surface area contributed by atoms with Crippen LogP contribution in [0.25, 0.3) is 10.9 Å². The van der Waals surface area contributed by atoms with Gasteiger partial charge in [0.1, 0.15) is 5.75 Å². The number of rotatable bonds is 4. The highest BCUT2D eigenvalue weighted by Gasteiger charge is 2.33. The van der Waals surface area contributed by atoms with Gasteiger partial charge in [-0.2, -0.15) is 5.10 Å². The van der Waals surface area contributed by atoms with Crippen LogP contribution in [0.3, 0.4) is 0 Å². The third kappa shape index (κ3) is 3.17. The van der Waals surface area contributed by atoms with Gasteiger partial charge >= 0.3 is 0 Å². The van der Waals surface area contributed by atoms with Gasteiger partial charge in [-0.1, -0.05) is 6.92 Å². The molecule has 3 N–H and O–H groups in total. The summed E-state index contributed by atoms with van der Waals surface area (Å²) in [6, 6.07) is 5.98. The van der Waals surface area contributed by atoms with Crippen LogP contribution in [0.1, 0.15) is 49.6 Å². The molecule has 1 amide bonds. The molecule has 4 rings (SSSR count). The Hall–Kier alpha value is -2.12. The standard InChI is InChI=1S/C19H26N4O3/c1-3-11(2)23-17-5-4-15(24)8-16(17)18(22-23)19(25)21-12-6-13-9-26-10-14(7-12)20-13/h4-5,8,11-14,20,24H,3,6-7,9-10H2,1-2H3,(H,21,25)/t11-,12?,13?,14?/m0/s1. The molecule has 2 saturated heterocycles. The number of nitrogens with one attached hydrogen (secondary N) is 2. The van der Waals surface area contributed by atoms with Crippen LogP contribution in [0.2, 0.25) is 0 Å². The van der Waals surface area contributed by atoms with E-state index in [1.54, 1.807) is 12.1 Å². The number of morpholine rings is 1. The lowest BCUT2D eigenvalue weighted by Gasteiger charge is -2.40. The van der Waals surface area contributed by atoms with E-state index in [1.807, 2.05) is 10.7 Å². The smallest absolute Gasteiger partial charge is 0.272 e. The molecule has 7 heteroatoms. The number of ether oxygens (including phenoxy) is 1. The number of aromatic hydroxyl groups is 1. The maximum absolute atomic E-state index is 13.0. The first-order valence-electron chi connectivity index (χ1n) is 9.41. The Morgan fingerprint density at radius 2 is 2.15 bits per heavy atom. The van der Waals surface area contributed by atoms with Gasteiger partial charge in [-0.05, 0) is 44.4 Å². The SMILES string of the molecule is CC[C@H](C)n1nc(C(=O)NC2CC3COCC(C2)N3)c2cc(O)ccc21. The van der Waals surface area contributed by atoms with Crippen molar-refractivity contribution in [2.24, 2.45) is 0 Å². The highest BCUT2D eigenvalue weighted by atomic mass is 16.5. The van der Waals surface area contributed by atoms with Gasteiger partial charge in [0.25, 0.3) is 5.91 Å². The van der Waals surface area contributed by atoms with Crippen molar-refractivity contribution in [3.05, 3.63) is 23.9 Å². The third-order valence-corrected chi connectivity index (χ3v) is 5.50. The number of amides is 1. The zero-order chi connectivity index (χ0) is 18.3. The van der Waals surface area contributed by atoms with Crippen LogP contribution in [-0.4, -0.2) is 52.1 Å². The number of benzene rings is 1. The number of carbonyl (C=O) groups excluding carboxylic acids is 1. The van der Waals surface area contributed by atoms with Gasteiger partial charge in [0.05, 0.1) is 18.7 Å². The number of phenolic OH excluding ortho intramolecular Hbond substituents is 1. The third-order valence-electron chi connectivity index (χ3n) is 5.50. The summed E-state index contributed by atoms with van der Waals surface area (Å²) in [5.41, 5.74) is 1.26. The maximum atomic E-state index is 13.0. The predicted octanol–water partition coefficient (Wildman–Crippen LogP) is 1.96. The van der Waals surface area contributed by atoms with Gasteiger partial charge in [-0.15, -0.1) is 0 Å². The fourth-order valence-electron chi connectivity index (χ4n) is 4.01. The molecule has 2 aromatic rings. The molecule has 140 valence electrons. The molecule has 1 aromatic carbocycles. The second kappa shape index (κ2) is 6.89. The van der Waals surface area contributed by atoms with Crippen molar-refractivity contribution < 1.29 is 14.6 Å². The van der Waals surface area contributed by atoms with E-state index < -0.39 is 0 Å². The van der Waals surface area contributed by atoms with Crippen molar-refractivity contribution in [2.75, 3.05) is 13.2 Å². The molecule has 2 fully saturated rings. The first-order valence-corrected chi connectivity index (χ1v) is 9.41. The Labute approximate surface area is 152 Å². The van der Waals surface area contributed by atoms with E-state index >= 15 is 0 Å². The zero-order valence-corrected chi connectivity index (χ0v) is 15.2. The van der Waals surface area contributed by atoms with Gasteiger partial charge in [0.2, 0.25) is 0 Å². The van der Waals surface area contributed by atoms with Crippen molar-refractivity contribution in [1.29, 1.82) is 0 Å². The summed E-state index contributed by atoms with van der Waals surface area (Å²) in [7, 11) is 0. The lowest BCUT2D eigenvalue weighted by atomic mass is 9.92. The van der Waals surface area contributed by atoms with Gasteiger partial charge in [0, 0.05) is 29.6 Å². The van der Waals surface area contributed by atoms with E-state index in [0.717, 1.165) is 24.8 Å². The predicted molar refractivity (Wildman–Crippen MR) is 98.4 cm³/mol. The minimum Gasteiger partial charge on any atom is -0.508 e. The first kappa shape index (κ1) is 17.3. The summed E-state index contributed by atoms with van der Waals surface area (Å²) in [5.74, 6) is -0.0302. The molecule has 1 aromatic heterocycles. The normalized spacial score (nSPS) is 26.6. The lowest BCUT2D eigenvalue weighted by Crippen LogP contribution is -2.58. The number of hydrogen-bond acceptors (Lipinski definition) is 5. The summed E-state index contributed by atoms with van der Waals surface area (Å²) in [6.45, 7) is 5.56. The van der Waals surface area contributed by atoms with Gasteiger partial charge < -0.3 is 20.5 Å².